The maximum atomic E-state index is 5.52. The van der Waals surface area contributed by atoms with E-state index in [9.17, 15) is 0 Å². The number of nitrogen functional groups attached to an aromatic ring is 1. The Kier molecular flexibility index (Phi) is 1.51. The fourth-order valence-corrected chi connectivity index (χ4v) is 0.944. The molecule has 1 aromatic carbocycles. The molecule has 0 aliphatic carbocycles. The molecule has 60 valence electrons. The summed E-state index contributed by atoms with van der Waals surface area (Å²) < 4.78 is 4.61. The minimum Gasteiger partial charge on any atom is -0.399 e. The molecule has 0 amide bonds. The molecule has 12 heavy (non-hydrogen) atoms. The van der Waals surface area contributed by atoms with Crippen molar-refractivity contribution in [1.29, 1.82) is 0 Å². The Labute approximate surface area is 69.0 Å². The predicted octanol–water partition coefficient (Wildman–Crippen LogP) is 1.32. The van der Waals surface area contributed by atoms with Crippen molar-refractivity contribution in [2.45, 2.75) is 0 Å². The van der Waals surface area contributed by atoms with Gasteiger partial charge in [0.1, 0.15) is 5.69 Å². The van der Waals surface area contributed by atoms with E-state index in [0.717, 1.165) is 16.9 Å². The van der Waals surface area contributed by atoms with Gasteiger partial charge in [0.25, 0.3) is 0 Å². The smallest absolute Gasteiger partial charge is 0.152 e. The van der Waals surface area contributed by atoms with E-state index in [-0.39, 0.29) is 0 Å². The Balaban J connectivity index is 2.43. The van der Waals surface area contributed by atoms with E-state index < -0.39 is 0 Å². The molecule has 0 bridgehead atoms. The molecule has 1 heterocycles. The van der Waals surface area contributed by atoms with Gasteiger partial charge in [0.05, 0.1) is 0 Å². The molecular weight excluding hydrogens is 154 g/mol. The lowest BCUT2D eigenvalue weighted by atomic mass is 10.1. The third-order valence-electron chi connectivity index (χ3n) is 1.57. The van der Waals surface area contributed by atoms with Crippen LogP contribution in [0.5, 0.6) is 0 Å². The lowest BCUT2D eigenvalue weighted by Gasteiger charge is -1.94. The van der Waals surface area contributed by atoms with Gasteiger partial charge in [-0.05, 0) is 12.1 Å². The van der Waals surface area contributed by atoms with Crippen LogP contribution in [-0.2, 0) is 0 Å². The highest BCUT2D eigenvalue weighted by Crippen LogP contribution is 2.16. The second-order valence-electron chi connectivity index (χ2n) is 2.41. The van der Waals surface area contributed by atoms with Gasteiger partial charge < -0.3 is 10.3 Å². The molecule has 0 aliphatic rings. The number of hydrogen-bond donors (Lipinski definition) is 1. The van der Waals surface area contributed by atoms with Gasteiger partial charge in [-0.2, -0.15) is 0 Å². The van der Waals surface area contributed by atoms with Crippen molar-refractivity contribution in [2.75, 3.05) is 5.73 Å². The average Bonchev–Trinajstić information content (AvgIpc) is 2.58. The van der Waals surface area contributed by atoms with Gasteiger partial charge in [0, 0.05) is 16.5 Å². The van der Waals surface area contributed by atoms with Gasteiger partial charge in [0.15, 0.2) is 6.26 Å². The number of nitrogens with zero attached hydrogens (tertiary/aromatic N) is 2. The maximum absolute atomic E-state index is 5.52. The van der Waals surface area contributed by atoms with Crippen LogP contribution in [0.4, 0.5) is 5.69 Å². The van der Waals surface area contributed by atoms with Crippen molar-refractivity contribution in [2.24, 2.45) is 0 Å². The van der Waals surface area contributed by atoms with Gasteiger partial charge >= 0.3 is 0 Å². The van der Waals surface area contributed by atoms with E-state index >= 15 is 0 Å². The normalized spacial score (nSPS) is 10.0. The SMILES string of the molecule is Nc1ccc(-c2conn2)cc1. The summed E-state index contributed by atoms with van der Waals surface area (Å²) >= 11 is 0. The fourth-order valence-electron chi connectivity index (χ4n) is 0.944. The van der Waals surface area contributed by atoms with Crippen LogP contribution in [0.15, 0.2) is 35.1 Å². The van der Waals surface area contributed by atoms with E-state index in [1.54, 1.807) is 0 Å². The van der Waals surface area contributed by atoms with Gasteiger partial charge in [-0.25, -0.2) is 0 Å². The largest absolute Gasteiger partial charge is 0.399 e. The molecule has 2 aromatic rings. The van der Waals surface area contributed by atoms with Crippen molar-refractivity contribution < 1.29 is 4.52 Å². The van der Waals surface area contributed by atoms with Crippen LogP contribution in [0.2, 0.25) is 0 Å². The summed E-state index contributed by atoms with van der Waals surface area (Å²) in [5, 5.41) is 7.12. The Bertz CT molecular complexity index is 352. The minimum absolute atomic E-state index is 0.718. The number of aromatic nitrogens is 2. The molecule has 0 saturated carbocycles. The topological polar surface area (TPSA) is 64.9 Å². The van der Waals surface area contributed by atoms with Crippen LogP contribution < -0.4 is 5.73 Å². The highest BCUT2D eigenvalue weighted by molar-refractivity contribution is 5.60. The number of nitrogens with two attached hydrogens (primary N) is 1. The van der Waals surface area contributed by atoms with Crippen molar-refractivity contribution in [1.82, 2.24) is 10.4 Å². The molecule has 0 fully saturated rings. The first kappa shape index (κ1) is 6.84. The number of anilines is 1. The quantitative estimate of drug-likeness (QED) is 0.640. The van der Waals surface area contributed by atoms with Gasteiger partial charge in [-0.1, -0.05) is 12.1 Å². The average molecular weight is 161 g/mol. The second kappa shape index (κ2) is 2.65. The summed E-state index contributed by atoms with van der Waals surface area (Å²) in [5.74, 6) is 0. The summed E-state index contributed by atoms with van der Waals surface area (Å²) in [5.41, 5.74) is 7.92. The first-order valence-electron chi connectivity index (χ1n) is 3.49. The molecule has 0 radical (unpaired) electrons. The van der Waals surface area contributed by atoms with E-state index in [4.69, 9.17) is 5.73 Å². The van der Waals surface area contributed by atoms with Crippen LogP contribution >= 0.6 is 0 Å². The zero-order chi connectivity index (χ0) is 8.39. The lowest BCUT2D eigenvalue weighted by Crippen LogP contribution is -1.83. The standard InChI is InChI=1S/C8H7N3O/c9-7-3-1-6(2-4-7)8-5-12-11-10-8/h1-5H,9H2. The van der Waals surface area contributed by atoms with Crippen LogP contribution in [0, 0.1) is 0 Å². The zero-order valence-electron chi connectivity index (χ0n) is 6.27. The Morgan fingerprint density at radius 3 is 2.50 bits per heavy atom. The summed E-state index contributed by atoms with van der Waals surface area (Å²) in [7, 11) is 0. The van der Waals surface area contributed by atoms with Gasteiger partial charge in [0.2, 0.25) is 0 Å². The first-order valence-corrected chi connectivity index (χ1v) is 3.49. The summed E-state index contributed by atoms with van der Waals surface area (Å²) in [6, 6.07) is 7.36. The maximum Gasteiger partial charge on any atom is 0.152 e. The first-order chi connectivity index (χ1) is 5.86. The molecular formula is C8H7N3O. The molecule has 0 atom stereocenters. The Hall–Kier alpha value is -1.84. The number of rotatable bonds is 1. The zero-order valence-corrected chi connectivity index (χ0v) is 6.27. The molecule has 0 aliphatic heterocycles. The van der Waals surface area contributed by atoms with Crippen molar-refractivity contribution >= 4 is 5.69 Å². The van der Waals surface area contributed by atoms with Crippen molar-refractivity contribution in [3.63, 3.8) is 0 Å². The Morgan fingerprint density at radius 1 is 1.17 bits per heavy atom. The van der Waals surface area contributed by atoms with E-state index in [1.165, 1.54) is 6.26 Å². The fraction of sp³-hybridized carbons (Fsp3) is 0. The van der Waals surface area contributed by atoms with Crippen molar-refractivity contribution in [3.8, 4) is 11.3 Å². The molecule has 1 aromatic heterocycles. The monoisotopic (exact) mass is 161 g/mol. The summed E-state index contributed by atoms with van der Waals surface area (Å²) in [4.78, 5) is 0. The molecule has 4 nitrogen and oxygen atoms in total. The molecule has 0 spiro atoms. The highest BCUT2D eigenvalue weighted by atomic mass is 16.5. The van der Waals surface area contributed by atoms with E-state index in [2.05, 4.69) is 14.9 Å². The molecule has 4 heteroatoms. The summed E-state index contributed by atoms with van der Waals surface area (Å²) in [6.07, 6.45) is 1.49. The van der Waals surface area contributed by atoms with Gasteiger partial charge in [-0.15, -0.1) is 5.10 Å². The molecule has 2 N–H and O–H groups in total. The minimum atomic E-state index is 0.718. The van der Waals surface area contributed by atoms with Crippen LogP contribution in [0.3, 0.4) is 0 Å². The lowest BCUT2D eigenvalue weighted by molar-refractivity contribution is 0.393. The second-order valence-corrected chi connectivity index (χ2v) is 2.41. The van der Waals surface area contributed by atoms with Crippen LogP contribution in [0.1, 0.15) is 0 Å². The predicted molar refractivity (Wildman–Crippen MR) is 44.1 cm³/mol. The Morgan fingerprint density at radius 2 is 1.92 bits per heavy atom. The molecule has 0 unspecified atom stereocenters. The summed E-state index contributed by atoms with van der Waals surface area (Å²) in [6.45, 7) is 0. The highest BCUT2D eigenvalue weighted by Gasteiger charge is 1.99. The van der Waals surface area contributed by atoms with Crippen LogP contribution in [-0.4, -0.2) is 10.4 Å². The van der Waals surface area contributed by atoms with E-state index in [1.807, 2.05) is 24.3 Å². The third kappa shape index (κ3) is 1.14. The van der Waals surface area contributed by atoms with E-state index in [0.29, 0.717) is 0 Å². The van der Waals surface area contributed by atoms with Gasteiger partial charge in [-0.3, -0.25) is 0 Å². The number of benzene rings is 1. The molecule has 2 rings (SSSR count). The van der Waals surface area contributed by atoms with Crippen LogP contribution in [0.25, 0.3) is 11.3 Å². The molecule has 0 saturated heterocycles. The van der Waals surface area contributed by atoms with Crippen molar-refractivity contribution in [3.05, 3.63) is 30.5 Å². The number of hydrogen-bond acceptors (Lipinski definition) is 4. The third-order valence-corrected chi connectivity index (χ3v) is 1.57.